The number of halogens is 1. The average Bonchev–Trinajstić information content (AvgIpc) is 3.07. The van der Waals surface area contributed by atoms with Gasteiger partial charge in [0.15, 0.2) is 0 Å². The first-order valence-electron chi connectivity index (χ1n) is 7.86. The third-order valence-electron chi connectivity index (χ3n) is 5.33. The van der Waals surface area contributed by atoms with Gasteiger partial charge in [-0.15, -0.1) is 0 Å². The SMILES string of the molecule is NC(=O)C1CC2(CCC2)CN1C(=O)c1cc2ccc(Cl)cc2[nH]1. The monoisotopic (exact) mass is 331 g/mol. The second-order valence-electron chi connectivity index (χ2n) is 6.82. The van der Waals surface area contributed by atoms with E-state index in [0.717, 1.165) is 23.7 Å². The number of hydrogen-bond acceptors (Lipinski definition) is 2. The number of primary amides is 1. The molecular weight excluding hydrogens is 314 g/mol. The van der Waals surface area contributed by atoms with Crippen LogP contribution in [0.4, 0.5) is 0 Å². The third-order valence-corrected chi connectivity index (χ3v) is 5.56. The largest absolute Gasteiger partial charge is 0.368 e. The van der Waals surface area contributed by atoms with Gasteiger partial charge in [0.1, 0.15) is 11.7 Å². The van der Waals surface area contributed by atoms with Crippen molar-refractivity contribution in [3.8, 4) is 0 Å². The first-order chi connectivity index (χ1) is 11.0. The van der Waals surface area contributed by atoms with E-state index in [1.54, 1.807) is 23.1 Å². The summed E-state index contributed by atoms with van der Waals surface area (Å²) in [6.45, 7) is 0.621. The molecular formula is C17H18ClN3O2. The van der Waals surface area contributed by atoms with E-state index in [0.29, 0.717) is 23.7 Å². The van der Waals surface area contributed by atoms with Gasteiger partial charge in [0.2, 0.25) is 5.91 Å². The molecule has 120 valence electrons. The minimum atomic E-state index is -0.502. The Morgan fingerprint density at radius 3 is 2.74 bits per heavy atom. The predicted molar refractivity (Wildman–Crippen MR) is 88.2 cm³/mol. The molecule has 0 bridgehead atoms. The topological polar surface area (TPSA) is 79.2 Å². The molecule has 1 aromatic heterocycles. The zero-order valence-corrected chi connectivity index (χ0v) is 13.4. The van der Waals surface area contributed by atoms with Crippen molar-refractivity contribution in [2.75, 3.05) is 6.54 Å². The lowest BCUT2D eigenvalue weighted by Gasteiger charge is -2.37. The standard InChI is InChI=1S/C17H18ClN3O2/c18-11-3-2-10-6-13(20-12(10)7-11)16(23)21-9-17(4-1-5-17)8-14(21)15(19)22/h2-3,6-7,14,20H,1,4-5,8-9H2,(H2,19,22). The molecule has 1 unspecified atom stereocenters. The fourth-order valence-corrected chi connectivity index (χ4v) is 4.10. The van der Waals surface area contributed by atoms with E-state index in [1.165, 1.54) is 6.42 Å². The third kappa shape index (κ3) is 2.30. The molecule has 1 aliphatic carbocycles. The van der Waals surface area contributed by atoms with Gasteiger partial charge in [-0.25, -0.2) is 0 Å². The van der Waals surface area contributed by atoms with Crippen LogP contribution in [0.3, 0.4) is 0 Å². The summed E-state index contributed by atoms with van der Waals surface area (Å²) in [4.78, 5) is 29.4. The van der Waals surface area contributed by atoms with E-state index in [2.05, 4.69) is 4.98 Å². The van der Waals surface area contributed by atoms with Crippen LogP contribution in [0.5, 0.6) is 0 Å². The molecule has 0 radical (unpaired) electrons. The van der Waals surface area contributed by atoms with Gasteiger partial charge in [0.25, 0.3) is 5.91 Å². The van der Waals surface area contributed by atoms with Crippen LogP contribution in [-0.2, 0) is 4.79 Å². The number of benzene rings is 1. The molecule has 1 atom stereocenters. The first-order valence-corrected chi connectivity index (χ1v) is 8.24. The number of carbonyl (C=O) groups excluding carboxylic acids is 2. The van der Waals surface area contributed by atoms with Gasteiger partial charge in [-0.1, -0.05) is 24.1 Å². The summed E-state index contributed by atoms with van der Waals surface area (Å²) in [5.74, 6) is -0.578. The van der Waals surface area contributed by atoms with Crippen molar-refractivity contribution < 1.29 is 9.59 Å². The van der Waals surface area contributed by atoms with Crippen LogP contribution < -0.4 is 5.73 Å². The molecule has 4 rings (SSSR count). The van der Waals surface area contributed by atoms with Crippen molar-refractivity contribution in [3.63, 3.8) is 0 Å². The quantitative estimate of drug-likeness (QED) is 0.887. The minimum absolute atomic E-state index is 0.102. The second-order valence-corrected chi connectivity index (χ2v) is 7.26. The van der Waals surface area contributed by atoms with Crippen LogP contribution in [0.1, 0.15) is 36.2 Å². The molecule has 5 nitrogen and oxygen atoms in total. The fourth-order valence-electron chi connectivity index (χ4n) is 3.93. The Kier molecular flexibility index (Phi) is 3.17. The maximum absolute atomic E-state index is 12.9. The lowest BCUT2D eigenvalue weighted by Crippen LogP contribution is -2.44. The van der Waals surface area contributed by atoms with E-state index < -0.39 is 11.9 Å². The van der Waals surface area contributed by atoms with Crippen molar-refractivity contribution in [2.45, 2.75) is 31.7 Å². The highest BCUT2D eigenvalue weighted by Gasteiger charge is 2.51. The van der Waals surface area contributed by atoms with Crippen LogP contribution in [0.25, 0.3) is 10.9 Å². The average molecular weight is 332 g/mol. The zero-order chi connectivity index (χ0) is 16.2. The normalized spacial score (nSPS) is 22.5. The highest BCUT2D eigenvalue weighted by atomic mass is 35.5. The lowest BCUT2D eigenvalue weighted by atomic mass is 9.67. The molecule has 1 aromatic carbocycles. The van der Waals surface area contributed by atoms with Gasteiger partial charge in [0, 0.05) is 22.5 Å². The van der Waals surface area contributed by atoms with E-state index in [1.807, 2.05) is 6.07 Å². The van der Waals surface area contributed by atoms with Crippen molar-refractivity contribution >= 4 is 34.3 Å². The maximum atomic E-state index is 12.9. The van der Waals surface area contributed by atoms with Gasteiger partial charge < -0.3 is 15.6 Å². The summed E-state index contributed by atoms with van der Waals surface area (Å²) in [6.07, 6.45) is 4.00. The number of carbonyl (C=O) groups is 2. The minimum Gasteiger partial charge on any atom is -0.368 e. The van der Waals surface area contributed by atoms with E-state index in [9.17, 15) is 9.59 Å². The number of nitrogens with zero attached hydrogens (tertiary/aromatic N) is 1. The molecule has 2 amide bonds. The second kappa shape index (κ2) is 4.99. The molecule has 2 aromatic rings. The van der Waals surface area contributed by atoms with Gasteiger partial charge in [-0.3, -0.25) is 9.59 Å². The summed E-state index contributed by atoms with van der Waals surface area (Å²) >= 11 is 5.99. The molecule has 2 fully saturated rings. The Balaban J connectivity index is 1.67. The number of amides is 2. The van der Waals surface area contributed by atoms with Crippen molar-refractivity contribution in [3.05, 3.63) is 35.0 Å². The molecule has 2 aliphatic rings. The number of rotatable bonds is 2. The molecule has 1 saturated heterocycles. The van der Waals surface area contributed by atoms with Crippen LogP contribution in [0.2, 0.25) is 5.02 Å². The Labute approximate surface area is 138 Å². The smallest absolute Gasteiger partial charge is 0.271 e. The van der Waals surface area contributed by atoms with E-state index in [-0.39, 0.29) is 11.3 Å². The van der Waals surface area contributed by atoms with Gasteiger partial charge >= 0.3 is 0 Å². The molecule has 1 saturated carbocycles. The highest BCUT2D eigenvalue weighted by Crippen LogP contribution is 2.50. The van der Waals surface area contributed by atoms with Crippen molar-refractivity contribution in [1.29, 1.82) is 0 Å². The molecule has 3 N–H and O–H groups in total. The fraction of sp³-hybridized carbons (Fsp3) is 0.412. The molecule has 6 heteroatoms. The Morgan fingerprint density at radius 2 is 2.09 bits per heavy atom. The van der Waals surface area contributed by atoms with Crippen LogP contribution >= 0.6 is 11.6 Å². The van der Waals surface area contributed by atoms with Crippen molar-refractivity contribution in [1.82, 2.24) is 9.88 Å². The predicted octanol–water partition coefficient (Wildman–Crippen LogP) is 2.69. The zero-order valence-electron chi connectivity index (χ0n) is 12.6. The number of hydrogen-bond donors (Lipinski definition) is 2. The van der Waals surface area contributed by atoms with Gasteiger partial charge in [0.05, 0.1) is 0 Å². The number of aromatic amines is 1. The lowest BCUT2D eigenvalue weighted by molar-refractivity contribution is -0.121. The Bertz CT molecular complexity index is 809. The number of H-pyrrole nitrogens is 1. The van der Waals surface area contributed by atoms with Gasteiger partial charge in [-0.2, -0.15) is 0 Å². The molecule has 23 heavy (non-hydrogen) atoms. The highest BCUT2D eigenvalue weighted by molar-refractivity contribution is 6.31. The summed E-state index contributed by atoms with van der Waals surface area (Å²) in [7, 11) is 0. The Morgan fingerprint density at radius 1 is 1.30 bits per heavy atom. The van der Waals surface area contributed by atoms with Crippen molar-refractivity contribution in [2.24, 2.45) is 11.1 Å². The number of fused-ring (bicyclic) bond motifs is 1. The summed E-state index contributed by atoms with van der Waals surface area (Å²) < 4.78 is 0. The number of nitrogens with two attached hydrogens (primary N) is 1. The van der Waals surface area contributed by atoms with Gasteiger partial charge in [-0.05, 0) is 42.9 Å². The molecule has 1 spiro atoms. The number of likely N-dealkylation sites (tertiary alicyclic amines) is 1. The number of nitrogens with one attached hydrogen (secondary N) is 1. The van der Waals surface area contributed by atoms with Crippen LogP contribution in [0.15, 0.2) is 24.3 Å². The molecule has 2 heterocycles. The first kappa shape index (κ1) is 14.6. The number of aromatic nitrogens is 1. The van der Waals surface area contributed by atoms with E-state index >= 15 is 0 Å². The van der Waals surface area contributed by atoms with Crippen LogP contribution in [-0.4, -0.2) is 34.3 Å². The molecule has 1 aliphatic heterocycles. The summed E-state index contributed by atoms with van der Waals surface area (Å²) in [5.41, 5.74) is 6.93. The maximum Gasteiger partial charge on any atom is 0.271 e. The van der Waals surface area contributed by atoms with Crippen LogP contribution in [0, 0.1) is 5.41 Å². The van der Waals surface area contributed by atoms with E-state index in [4.69, 9.17) is 17.3 Å². The summed E-state index contributed by atoms with van der Waals surface area (Å²) in [6, 6.07) is 6.75. The Hall–Kier alpha value is -2.01. The summed E-state index contributed by atoms with van der Waals surface area (Å²) in [5, 5.41) is 1.54.